The zero-order chi connectivity index (χ0) is 16.2. The van der Waals surface area contributed by atoms with Crippen LogP contribution in [0.15, 0.2) is 58.1 Å². The van der Waals surface area contributed by atoms with Crippen LogP contribution in [0.4, 0.5) is 0 Å². The monoisotopic (exact) mass is 305 g/mol. The Kier molecular flexibility index (Phi) is 4.95. The lowest BCUT2D eigenvalue weighted by atomic mass is 9.84. The zero-order valence-corrected chi connectivity index (χ0v) is 14.6. The number of hydrogen-bond donors (Lipinski definition) is 0. The molecule has 1 aromatic carbocycles. The highest BCUT2D eigenvalue weighted by atomic mass is 14.8. The van der Waals surface area contributed by atoms with Crippen molar-refractivity contribution in [2.24, 2.45) is 4.99 Å². The Morgan fingerprint density at radius 1 is 1.00 bits per heavy atom. The molecule has 1 nitrogen and oxygen atoms in total. The summed E-state index contributed by atoms with van der Waals surface area (Å²) in [4.78, 5) is 4.76. The van der Waals surface area contributed by atoms with Gasteiger partial charge in [0, 0.05) is 6.21 Å². The van der Waals surface area contributed by atoms with Crippen LogP contribution >= 0.6 is 0 Å². The summed E-state index contributed by atoms with van der Waals surface area (Å²) in [6, 6.07) is 8.96. The fourth-order valence-electron chi connectivity index (χ4n) is 3.55. The summed E-state index contributed by atoms with van der Waals surface area (Å²) in [6.07, 6.45) is 13.2. The Balaban J connectivity index is 1.90. The number of aliphatic imine (C=N–C) groups is 1. The van der Waals surface area contributed by atoms with Crippen LogP contribution in [-0.4, -0.2) is 12.3 Å². The standard InChI is InChI=1S/C22H27N/c1-4-5-6-7-11-18-13-19(20-12-9-8-10-16(20)2)14-21-17(3)15-23-22(18)21/h8-10,12-15,22H,4-7,11H2,1-3H3. The average Bonchev–Trinajstić information content (AvgIpc) is 2.93. The number of allylic oxidation sites excluding steroid dienone is 3. The minimum absolute atomic E-state index is 0.282. The van der Waals surface area contributed by atoms with E-state index in [1.54, 1.807) is 0 Å². The van der Waals surface area contributed by atoms with Crippen molar-refractivity contribution in [2.75, 3.05) is 0 Å². The summed E-state index contributed by atoms with van der Waals surface area (Å²) in [7, 11) is 0. The molecule has 2 aliphatic rings. The Bertz CT molecular complexity index is 700. The second kappa shape index (κ2) is 7.12. The van der Waals surface area contributed by atoms with E-state index < -0.39 is 0 Å². The lowest BCUT2D eigenvalue weighted by Crippen LogP contribution is -2.13. The number of fused-ring (bicyclic) bond motifs is 1. The van der Waals surface area contributed by atoms with Crippen LogP contribution in [0, 0.1) is 6.92 Å². The third kappa shape index (κ3) is 3.39. The van der Waals surface area contributed by atoms with Crippen LogP contribution < -0.4 is 0 Å². The average molecular weight is 305 g/mol. The van der Waals surface area contributed by atoms with E-state index >= 15 is 0 Å². The summed E-state index contributed by atoms with van der Waals surface area (Å²) in [5, 5.41) is 0. The molecule has 0 saturated carbocycles. The second-order valence-corrected chi connectivity index (χ2v) is 6.76. The van der Waals surface area contributed by atoms with E-state index in [0.29, 0.717) is 0 Å². The van der Waals surface area contributed by atoms with Crippen molar-refractivity contribution < 1.29 is 0 Å². The summed E-state index contributed by atoms with van der Waals surface area (Å²) in [5.74, 6) is 0. The molecule has 0 spiro atoms. The van der Waals surface area contributed by atoms with E-state index in [-0.39, 0.29) is 6.04 Å². The number of rotatable bonds is 6. The van der Waals surface area contributed by atoms with Crippen molar-refractivity contribution in [1.82, 2.24) is 0 Å². The Morgan fingerprint density at radius 2 is 1.83 bits per heavy atom. The molecule has 0 saturated heterocycles. The van der Waals surface area contributed by atoms with Crippen molar-refractivity contribution in [2.45, 2.75) is 58.9 Å². The summed E-state index contributed by atoms with van der Waals surface area (Å²) >= 11 is 0. The second-order valence-electron chi connectivity index (χ2n) is 6.76. The van der Waals surface area contributed by atoms with Gasteiger partial charge in [-0.15, -0.1) is 0 Å². The topological polar surface area (TPSA) is 12.4 Å². The predicted molar refractivity (Wildman–Crippen MR) is 101 cm³/mol. The molecule has 1 aliphatic carbocycles. The number of benzene rings is 1. The van der Waals surface area contributed by atoms with E-state index in [0.717, 1.165) is 0 Å². The van der Waals surface area contributed by atoms with E-state index in [9.17, 15) is 0 Å². The number of aryl methyl sites for hydroxylation is 1. The highest BCUT2D eigenvalue weighted by Gasteiger charge is 2.26. The molecule has 23 heavy (non-hydrogen) atoms. The summed E-state index contributed by atoms with van der Waals surface area (Å²) in [6.45, 7) is 6.65. The lowest BCUT2D eigenvalue weighted by Gasteiger charge is -2.23. The van der Waals surface area contributed by atoms with Crippen molar-refractivity contribution in [3.8, 4) is 0 Å². The smallest absolute Gasteiger partial charge is 0.0966 e. The van der Waals surface area contributed by atoms with Crippen molar-refractivity contribution in [1.29, 1.82) is 0 Å². The summed E-state index contributed by atoms with van der Waals surface area (Å²) in [5.41, 5.74) is 8.26. The SMILES string of the molecule is CCCCCCC1=CC(c2ccccc2C)=CC2=C(C)C=NC12. The molecule has 120 valence electrons. The molecule has 1 unspecified atom stereocenters. The molecule has 1 aromatic rings. The van der Waals surface area contributed by atoms with Gasteiger partial charge in [0.2, 0.25) is 0 Å². The molecule has 0 radical (unpaired) electrons. The van der Waals surface area contributed by atoms with Gasteiger partial charge in [0.25, 0.3) is 0 Å². The van der Waals surface area contributed by atoms with Gasteiger partial charge in [-0.1, -0.05) is 56.5 Å². The van der Waals surface area contributed by atoms with Crippen LogP contribution in [0.2, 0.25) is 0 Å². The molecule has 0 amide bonds. The summed E-state index contributed by atoms with van der Waals surface area (Å²) < 4.78 is 0. The normalized spacial score (nSPS) is 19.7. The minimum Gasteiger partial charge on any atom is -0.280 e. The van der Waals surface area contributed by atoms with Gasteiger partial charge < -0.3 is 0 Å². The van der Waals surface area contributed by atoms with Gasteiger partial charge in [0.05, 0.1) is 6.04 Å². The first-order valence-electron chi connectivity index (χ1n) is 8.93. The fourth-order valence-corrected chi connectivity index (χ4v) is 3.55. The number of unbranched alkanes of at least 4 members (excludes halogenated alkanes) is 3. The van der Waals surface area contributed by atoms with Gasteiger partial charge in [-0.2, -0.15) is 0 Å². The van der Waals surface area contributed by atoms with Crippen molar-refractivity contribution in [3.05, 3.63) is 64.3 Å². The third-order valence-corrected chi connectivity index (χ3v) is 4.95. The fraction of sp³-hybridized carbons (Fsp3) is 0.409. The highest BCUT2D eigenvalue weighted by Crippen LogP contribution is 2.37. The van der Waals surface area contributed by atoms with Gasteiger partial charge in [-0.25, -0.2) is 0 Å². The molecule has 0 fully saturated rings. The maximum atomic E-state index is 4.76. The van der Waals surface area contributed by atoms with Crippen LogP contribution in [0.25, 0.3) is 5.57 Å². The van der Waals surface area contributed by atoms with Crippen LogP contribution in [0.3, 0.4) is 0 Å². The zero-order valence-electron chi connectivity index (χ0n) is 14.6. The molecule has 0 aromatic heterocycles. The van der Waals surface area contributed by atoms with Gasteiger partial charge in [-0.05, 0) is 66.2 Å². The maximum Gasteiger partial charge on any atom is 0.0966 e. The van der Waals surface area contributed by atoms with E-state index in [2.05, 4.69) is 63.4 Å². The van der Waals surface area contributed by atoms with Crippen LogP contribution in [0.5, 0.6) is 0 Å². The molecule has 1 heterocycles. The molecule has 0 N–H and O–H groups in total. The van der Waals surface area contributed by atoms with Crippen LogP contribution in [0.1, 0.15) is 57.1 Å². The van der Waals surface area contributed by atoms with E-state index in [1.807, 2.05) is 0 Å². The third-order valence-electron chi connectivity index (χ3n) is 4.95. The van der Waals surface area contributed by atoms with E-state index in [1.165, 1.54) is 65.5 Å². The van der Waals surface area contributed by atoms with Gasteiger partial charge >= 0.3 is 0 Å². The van der Waals surface area contributed by atoms with Gasteiger partial charge in [0.15, 0.2) is 0 Å². The highest BCUT2D eigenvalue weighted by molar-refractivity contribution is 5.90. The predicted octanol–water partition coefficient (Wildman–Crippen LogP) is 6.06. The lowest BCUT2D eigenvalue weighted by molar-refractivity contribution is 0.650. The quantitative estimate of drug-likeness (QED) is 0.567. The first-order valence-corrected chi connectivity index (χ1v) is 8.93. The largest absolute Gasteiger partial charge is 0.280 e. The molecular weight excluding hydrogens is 278 g/mol. The van der Waals surface area contributed by atoms with Crippen molar-refractivity contribution >= 4 is 11.8 Å². The molecule has 3 rings (SSSR count). The van der Waals surface area contributed by atoms with E-state index in [4.69, 9.17) is 4.99 Å². The minimum atomic E-state index is 0.282. The first kappa shape index (κ1) is 16.0. The molecule has 1 atom stereocenters. The Hall–Kier alpha value is -1.89. The Labute approximate surface area is 140 Å². The molecule has 1 aliphatic heterocycles. The molecule has 0 bridgehead atoms. The van der Waals surface area contributed by atoms with Crippen molar-refractivity contribution in [3.63, 3.8) is 0 Å². The Morgan fingerprint density at radius 3 is 2.61 bits per heavy atom. The van der Waals surface area contributed by atoms with Crippen LogP contribution in [-0.2, 0) is 0 Å². The van der Waals surface area contributed by atoms with Gasteiger partial charge in [0.1, 0.15) is 0 Å². The molecule has 1 heteroatoms. The van der Waals surface area contributed by atoms with Gasteiger partial charge in [-0.3, -0.25) is 4.99 Å². The first-order chi connectivity index (χ1) is 11.2. The molecular formula is C22H27N. The number of nitrogens with zero attached hydrogens (tertiary/aromatic N) is 1. The number of hydrogen-bond acceptors (Lipinski definition) is 1. The maximum absolute atomic E-state index is 4.76.